The van der Waals surface area contributed by atoms with Crippen LogP contribution in [0.3, 0.4) is 0 Å². The number of likely N-dealkylation sites (tertiary alicyclic amines) is 1. The molecule has 43 heavy (non-hydrogen) atoms. The van der Waals surface area contributed by atoms with Crippen LogP contribution in [0, 0.1) is 0 Å². The van der Waals surface area contributed by atoms with Crippen LogP contribution in [0.15, 0.2) is 29.1 Å². The van der Waals surface area contributed by atoms with Gasteiger partial charge >= 0.3 is 6.09 Å². The molecule has 0 unspecified atom stereocenters. The van der Waals surface area contributed by atoms with Gasteiger partial charge in [0, 0.05) is 54.8 Å². The van der Waals surface area contributed by atoms with Crippen molar-refractivity contribution in [3.05, 3.63) is 51.3 Å². The Morgan fingerprint density at radius 3 is 2.33 bits per heavy atom. The van der Waals surface area contributed by atoms with Gasteiger partial charge in [0.2, 0.25) is 6.79 Å². The molecule has 7 rings (SSSR count). The number of aliphatic hydroxyl groups is 1. The van der Waals surface area contributed by atoms with Gasteiger partial charge < -0.3 is 38.6 Å². The summed E-state index contributed by atoms with van der Waals surface area (Å²) in [6.45, 7) is 5.57. The molecule has 11 heteroatoms. The lowest BCUT2D eigenvalue weighted by Crippen LogP contribution is -2.48. The minimum Gasteiger partial charge on any atom is -0.454 e. The number of hydrogen-bond acceptors (Lipinski definition) is 9. The van der Waals surface area contributed by atoms with Gasteiger partial charge in [-0.3, -0.25) is 9.59 Å². The maximum absolute atomic E-state index is 14.3. The summed E-state index contributed by atoms with van der Waals surface area (Å²) >= 11 is 0. The third-order valence-corrected chi connectivity index (χ3v) is 9.13. The standard InChI is InChI=1S/C32H36N4O7/c1-33-10-12-35(13-11-33)32(40)43-25-17-24-21(14-20(25)18-37)28-29(22-15-26-27(42-19-41-26)16-23(22)30(28)38)36(31(24)39)9-5-8-34-6-3-2-4-7-34/h14-17,37H,2-13,18-19H2,1H3. The molecule has 0 saturated carbocycles. The summed E-state index contributed by atoms with van der Waals surface area (Å²) in [5.41, 5.74) is 2.10. The Morgan fingerprint density at radius 2 is 1.60 bits per heavy atom. The summed E-state index contributed by atoms with van der Waals surface area (Å²) in [5, 5.41) is 11.0. The predicted molar refractivity (Wildman–Crippen MR) is 159 cm³/mol. The van der Waals surface area contributed by atoms with Crippen LogP contribution in [-0.2, 0) is 13.2 Å². The Bertz CT molecular complexity index is 1670. The van der Waals surface area contributed by atoms with Crippen molar-refractivity contribution in [3.8, 4) is 28.5 Å². The van der Waals surface area contributed by atoms with Crippen LogP contribution in [0.2, 0.25) is 0 Å². The van der Waals surface area contributed by atoms with E-state index in [0.717, 1.165) is 39.1 Å². The highest BCUT2D eigenvalue weighted by Crippen LogP contribution is 2.46. The first-order valence-corrected chi connectivity index (χ1v) is 15.1. The number of rotatable bonds is 6. The number of aromatic nitrogens is 1. The molecule has 2 saturated heterocycles. The van der Waals surface area contributed by atoms with E-state index < -0.39 is 12.7 Å². The maximum Gasteiger partial charge on any atom is 0.415 e. The van der Waals surface area contributed by atoms with Crippen LogP contribution in [0.1, 0.15) is 47.2 Å². The van der Waals surface area contributed by atoms with Gasteiger partial charge in [-0.25, -0.2) is 4.79 Å². The lowest BCUT2D eigenvalue weighted by atomic mass is 9.99. The number of amides is 1. The summed E-state index contributed by atoms with van der Waals surface area (Å²) in [6.07, 6.45) is 3.84. The van der Waals surface area contributed by atoms with E-state index >= 15 is 0 Å². The van der Waals surface area contributed by atoms with Crippen LogP contribution in [0.4, 0.5) is 4.79 Å². The third kappa shape index (κ3) is 4.95. The molecule has 0 radical (unpaired) electrons. The molecule has 1 amide bonds. The fourth-order valence-corrected chi connectivity index (χ4v) is 6.70. The number of piperazine rings is 1. The van der Waals surface area contributed by atoms with E-state index in [4.69, 9.17) is 14.2 Å². The Kier molecular flexibility index (Phi) is 7.32. The molecular formula is C32H36N4O7. The van der Waals surface area contributed by atoms with Crippen molar-refractivity contribution in [2.45, 2.75) is 38.8 Å². The molecule has 1 aromatic heterocycles. The number of aliphatic hydroxyl groups excluding tert-OH is 1. The van der Waals surface area contributed by atoms with Crippen LogP contribution in [-0.4, -0.2) is 95.9 Å². The number of likely N-dealkylation sites (N-methyl/N-ethyl adjacent to an activating group) is 1. The minimum atomic E-state index is -0.525. The molecule has 11 nitrogen and oxygen atoms in total. The van der Waals surface area contributed by atoms with Gasteiger partial charge in [-0.1, -0.05) is 6.42 Å². The van der Waals surface area contributed by atoms with E-state index in [-0.39, 0.29) is 29.3 Å². The van der Waals surface area contributed by atoms with E-state index in [2.05, 4.69) is 9.80 Å². The molecule has 1 N–H and O–H groups in total. The summed E-state index contributed by atoms with van der Waals surface area (Å²) in [4.78, 5) is 47.5. The Labute approximate surface area is 249 Å². The van der Waals surface area contributed by atoms with Gasteiger partial charge in [-0.05, 0) is 70.2 Å². The van der Waals surface area contributed by atoms with Crippen molar-refractivity contribution < 1.29 is 28.9 Å². The molecule has 4 heterocycles. The highest BCUT2D eigenvalue weighted by molar-refractivity contribution is 6.27. The number of ketones is 1. The summed E-state index contributed by atoms with van der Waals surface area (Å²) in [6, 6.07) is 6.60. The van der Waals surface area contributed by atoms with Gasteiger partial charge in [0.15, 0.2) is 17.3 Å². The smallest absolute Gasteiger partial charge is 0.415 e. The average molecular weight is 589 g/mol. The van der Waals surface area contributed by atoms with Crippen molar-refractivity contribution in [2.75, 3.05) is 59.7 Å². The number of ether oxygens (including phenoxy) is 3. The molecule has 1 aliphatic carbocycles. The zero-order valence-corrected chi connectivity index (χ0v) is 24.4. The molecule has 2 fully saturated rings. The maximum atomic E-state index is 14.3. The lowest BCUT2D eigenvalue weighted by Gasteiger charge is -2.31. The Hall–Kier alpha value is -3.93. The predicted octanol–water partition coefficient (Wildman–Crippen LogP) is 3.06. The molecule has 0 atom stereocenters. The number of fused-ring (bicyclic) bond motifs is 6. The summed E-state index contributed by atoms with van der Waals surface area (Å²) < 4.78 is 18.6. The minimum absolute atomic E-state index is 0.0785. The van der Waals surface area contributed by atoms with Crippen LogP contribution >= 0.6 is 0 Å². The number of carbonyl (C=O) groups is 2. The molecule has 0 bridgehead atoms. The molecule has 2 aromatic carbocycles. The monoisotopic (exact) mass is 588 g/mol. The number of benzene rings is 2. The summed E-state index contributed by atoms with van der Waals surface area (Å²) in [7, 11) is 2.00. The zero-order chi connectivity index (χ0) is 29.7. The first-order valence-electron chi connectivity index (χ1n) is 15.1. The highest BCUT2D eigenvalue weighted by Gasteiger charge is 2.36. The number of nitrogens with zero attached hydrogens (tertiary/aromatic N) is 4. The largest absolute Gasteiger partial charge is 0.454 e. The normalized spacial score (nSPS) is 18.3. The SMILES string of the molecule is CN1CCN(C(=O)Oc2cc3c(=O)n(CCCN4CCCCC4)c4c(c3cc2CO)C(=O)c2cc3c(cc2-4)OCO3)CC1. The number of hydrogen-bond donors (Lipinski definition) is 1. The van der Waals surface area contributed by atoms with E-state index in [1.165, 1.54) is 25.3 Å². The van der Waals surface area contributed by atoms with Gasteiger partial charge in [-0.15, -0.1) is 0 Å². The van der Waals surface area contributed by atoms with Crippen molar-refractivity contribution in [1.82, 2.24) is 19.3 Å². The molecular weight excluding hydrogens is 552 g/mol. The Balaban J connectivity index is 1.32. The fraction of sp³-hybridized carbons (Fsp3) is 0.469. The van der Waals surface area contributed by atoms with Gasteiger partial charge in [0.05, 0.1) is 23.3 Å². The van der Waals surface area contributed by atoms with E-state index in [0.29, 0.717) is 64.5 Å². The molecule has 0 spiro atoms. The Morgan fingerprint density at radius 1 is 0.884 bits per heavy atom. The highest BCUT2D eigenvalue weighted by atomic mass is 16.7. The van der Waals surface area contributed by atoms with Crippen molar-refractivity contribution in [1.29, 1.82) is 0 Å². The second-order valence-corrected chi connectivity index (χ2v) is 11.8. The van der Waals surface area contributed by atoms with Crippen molar-refractivity contribution in [2.24, 2.45) is 0 Å². The van der Waals surface area contributed by atoms with Gasteiger partial charge in [-0.2, -0.15) is 0 Å². The number of pyridine rings is 1. The zero-order valence-electron chi connectivity index (χ0n) is 24.4. The second-order valence-electron chi connectivity index (χ2n) is 11.8. The third-order valence-electron chi connectivity index (χ3n) is 9.13. The van der Waals surface area contributed by atoms with Crippen LogP contribution in [0.5, 0.6) is 17.2 Å². The van der Waals surface area contributed by atoms with Gasteiger partial charge in [0.25, 0.3) is 5.56 Å². The molecule has 226 valence electrons. The number of carbonyl (C=O) groups excluding carboxylic acids is 2. The molecule has 3 aliphatic heterocycles. The lowest BCUT2D eigenvalue weighted by molar-refractivity contribution is 0.104. The topological polar surface area (TPSA) is 114 Å². The van der Waals surface area contributed by atoms with E-state index in [9.17, 15) is 19.5 Å². The first-order chi connectivity index (χ1) is 20.9. The van der Waals surface area contributed by atoms with Crippen LogP contribution < -0.4 is 19.8 Å². The van der Waals surface area contributed by atoms with E-state index in [1.807, 2.05) is 7.05 Å². The van der Waals surface area contributed by atoms with Crippen molar-refractivity contribution >= 4 is 22.6 Å². The fourth-order valence-electron chi connectivity index (χ4n) is 6.70. The summed E-state index contributed by atoms with van der Waals surface area (Å²) in [5.74, 6) is 0.940. The molecule has 3 aromatic rings. The van der Waals surface area contributed by atoms with Gasteiger partial charge in [0.1, 0.15) is 5.75 Å². The van der Waals surface area contributed by atoms with Crippen LogP contribution in [0.25, 0.3) is 22.0 Å². The average Bonchev–Trinajstić information content (AvgIpc) is 3.60. The number of piperidine rings is 1. The van der Waals surface area contributed by atoms with E-state index in [1.54, 1.807) is 27.7 Å². The first kappa shape index (κ1) is 27.9. The molecule has 4 aliphatic rings. The van der Waals surface area contributed by atoms with Crippen molar-refractivity contribution in [3.63, 3.8) is 0 Å². The quantitative estimate of drug-likeness (QED) is 0.363. The second kappa shape index (κ2) is 11.3.